The average Bonchev–Trinajstić information content (AvgIpc) is 2.29. The number of aryl methyl sites for hydroxylation is 1. The van der Waals surface area contributed by atoms with Crippen molar-refractivity contribution in [3.63, 3.8) is 0 Å². The van der Waals surface area contributed by atoms with Crippen LogP contribution in [0.4, 0.5) is 11.5 Å². The Labute approximate surface area is 94.3 Å². The molecule has 0 radical (unpaired) electrons. The third-order valence-corrected chi connectivity index (χ3v) is 2.15. The van der Waals surface area contributed by atoms with Gasteiger partial charge in [0, 0.05) is 23.5 Å². The molecule has 0 spiro atoms. The summed E-state index contributed by atoms with van der Waals surface area (Å²) in [6.45, 7) is 1.93. The highest BCUT2D eigenvalue weighted by atomic mass is 16.5. The van der Waals surface area contributed by atoms with Crippen molar-refractivity contribution in [2.45, 2.75) is 6.92 Å². The van der Waals surface area contributed by atoms with E-state index in [-0.39, 0.29) is 0 Å². The van der Waals surface area contributed by atoms with Crippen molar-refractivity contribution < 1.29 is 4.74 Å². The average molecular weight is 215 g/mol. The number of aromatic nitrogens is 2. The molecule has 0 bridgehead atoms. The molecule has 1 heterocycles. The van der Waals surface area contributed by atoms with E-state index in [2.05, 4.69) is 15.3 Å². The molecule has 82 valence electrons. The normalized spacial score (nSPS) is 9.88. The zero-order chi connectivity index (χ0) is 11.4. The molecule has 0 unspecified atom stereocenters. The predicted molar refractivity (Wildman–Crippen MR) is 63.0 cm³/mol. The number of nitrogens with zero attached hydrogens (tertiary/aromatic N) is 2. The van der Waals surface area contributed by atoms with Gasteiger partial charge in [-0.25, -0.2) is 9.97 Å². The maximum atomic E-state index is 5.14. The summed E-state index contributed by atoms with van der Waals surface area (Å²) >= 11 is 0. The maximum Gasteiger partial charge on any atom is 0.133 e. The molecular weight excluding hydrogens is 202 g/mol. The SMILES string of the molecule is COc1cccc(Nc2cc(C)ncn2)c1. The number of nitrogens with one attached hydrogen (secondary N) is 1. The van der Waals surface area contributed by atoms with E-state index >= 15 is 0 Å². The molecule has 2 aromatic rings. The van der Waals surface area contributed by atoms with E-state index < -0.39 is 0 Å². The maximum absolute atomic E-state index is 5.14. The molecule has 2 rings (SSSR count). The van der Waals surface area contributed by atoms with Gasteiger partial charge in [0.05, 0.1) is 7.11 Å². The van der Waals surface area contributed by atoms with Crippen LogP contribution in [0.3, 0.4) is 0 Å². The number of methoxy groups -OCH3 is 1. The quantitative estimate of drug-likeness (QED) is 0.854. The van der Waals surface area contributed by atoms with E-state index in [1.807, 2.05) is 37.3 Å². The Morgan fingerprint density at radius 2 is 2.06 bits per heavy atom. The minimum absolute atomic E-state index is 0.778. The van der Waals surface area contributed by atoms with Crippen LogP contribution in [0.2, 0.25) is 0 Å². The second kappa shape index (κ2) is 4.61. The van der Waals surface area contributed by atoms with Gasteiger partial charge in [0.2, 0.25) is 0 Å². The third kappa shape index (κ3) is 2.48. The van der Waals surface area contributed by atoms with Gasteiger partial charge >= 0.3 is 0 Å². The molecule has 1 N–H and O–H groups in total. The van der Waals surface area contributed by atoms with Crippen LogP contribution in [-0.4, -0.2) is 17.1 Å². The highest BCUT2D eigenvalue weighted by Gasteiger charge is 1.98. The molecule has 4 heteroatoms. The highest BCUT2D eigenvalue weighted by Crippen LogP contribution is 2.19. The summed E-state index contributed by atoms with van der Waals surface area (Å²) in [4.78, 5) is 8.17. The number of anilines is 2. The lowest BCUT2D eigenvalue weighted by Gasteiger charge is -2.07. The van der Waals surface area contributed by atoms with Gasteiger partial charge in [0.1, 0.15) is 17.9 Å². The first kappa shape index (κ1) is 10.4. The van der Waals surface area contributed by atoms with Crippen molar-refractivity contribution in [1.29, 1.82) is 0 Å². The number of hydrogen-bond donors (Lipinski definition) is 1. The van der Waals surface area contributed by atoms with Gasteiger partial charge in [-0.05, 0) is 19.1 Å². The Bertz CT molecular complexity index is 485. The van der Waals surface area contributed by atoms with E-state index in [1.54, 1.807) is 7.11 Å². The molecule has 0 atom stereocenters. The van der Waals surface area contributed by atoms with Crippen LogP contribution < -0.4 is 10.1 Å². The highest BCUT2D eigenvalue weighted by molar-refractivity contribution is 5.58. The van der Waals surface area contributed by atoms with Crippen LogP contribution in [0.5, 0.6) is 5.75 Å². The fourth-order valence-electron chi connectivity index (χ4n) is 1.37. The van der Waals surface area contributed by atoms with Gasteiger partial charge in [-0.3, -0.25) is 0 Å². The lowest BCUT2D eigenvalue weighted by molar-refractivity contribution is 0.415. The van der Waals surface area contributed by atoms with Gasteiger partial charge in [-0.1, -0.05) is 6.07 Å². The molecule has 0 amide bonds. The monoisotopic (exact) mass is 215 g/mol. The van der Waals surface area contributed by atoms with Gasteiger partial charge in [-0.2, -0.15) is 0 Å². The summed E-state index contributed by atoms with van der Waals surface area (Å²) in [6, 6.07) is 9.59. The van der Waals surface area contributed by atoms with Crippen molar-refractivity contribution in [2.24, 2.45) is 0 Å². The van der Waals surface area contributed by atoms with Crippen LogP contribution in [0.25, 0.3) is 0 Å². The summed E-state index contributed by atoms with van der Waals surface area (Å²) in [5, 5.41) is 3.19. The lowest BCUT2D eigenvalue weighted by Crippen LogP contribution is -1.95. The van der Waals surface area contributed by atoms with Crippen molar-refractivity contribution in [2.75, 3.05) is 12.4 Å². The minimum atomic E-state index is 0.778. The summed E-state index contributed by atoms with van der Waals surface area (Å²) < 4.78 is 5.14. The smallest absolute Gasteiger partial charge is 0.133 e. The second-order valence-corrected chi connectivity index (χ2v) is 3.40. The fraction of sp³-hybridized carbons (Fsp3) is 0.167. The Morgan fingerprint density at radius 3 is 2.81 bits per heavy atom. The standard InChI is InChI=1S/C12H13N3O/c1-9-6-12(14-8-13-9)15-10-4-3-5-11(7-10)16-2/h3-8H,1-2H3,(H,13,14,15). The van der Waals surface area contributed by atoms with Crippen LogP contribution in [0.15, 0.2) is 36.7 Å². The van der Waals surface area contributed by atoms with Gasteiger partial charge in [0.15, 0.2) is 0 Å². The van der Waals surface area contributed by atoms with Crippen LogP contribution in [0, 0.1) is 6.92 Å². The lowest BCUT2D eigenvalue weighted by atomic mass is 10.3. The molecule has 0 aliphatic heterocycles. The zero-order valence-electron chi connectivity index (χ0n) is 9.27. The number of ether oxygens (including phenoxy) is 1. The largest absolute Gasteiger partial charge is 0.497 e. The summed E-state index contributed by atoms with van der Waals surface area (Å²) in [7, 11) is 1.65. The molecule has 0 fully saturated rings. The predicted octanol–water partition coefficient (Wildman–Crippen LogP) is 2.54. The van der Waals surface area contributed by atoms with Crippen LogP contribution >= 0.6 is 0 Å². The number of hydrogen-bond acceptors (Lipinski definition) is 4. The Hall–Kier alpha value is -2.10. The first-order chi connectivity index (χ1) is 7.78. The van der Waals surface area contributed by atoms with Crippen molar-refractivity contribution in [3.05, 3.63) is 42.4 Å². The molecule has 0 aliphatic rings. The first-order valence-corrected chi connectivity index (χ1v) is 4.97. The minimum Gasteiger partial charge on any atom is -0.497 e. The Morgan fingerprint density at radius 1 is 1.19 bits per heavy atom. The van der Waals surface area contributed by atoms with E-state index in [1.165, 1.54) is 6.33 Å². The summed E-state index contributed by atoms with van der Waals surface area (Å²) in [5.41, 5.74) is 1.87. The number of rotatable bonds is 3. The molecular formula is C12H13N3O. The molecule has 1 aromatic carbocycles. The molecule has 0 saturated carbocycles. The molecule has 16 heavy (non-hydrogen) atoms. The molecule has 4 nitrogen and oxygen atoms in total. The van der Waals surface area contributed by atoms with Crippen molar-refractivity contribution in [1.82, 2.24) is 9.97 Å². The summed E-state index contributed by atoms with van der Waals surface area (Å²) in [6.07, 6.45) is 1.54. The van der Waals surface area contributed by atoms with E-state index in [0.29, 0.717) is 0 Å². The molecule has 1 aromatic heterocycles. The molecule has 0 saturated heterocycles. The fourth-order valence-corrected chi connectivity index (χ4v) is 1.37. The van der Waals surface area contributed by atoms with Crippen molar-refractivity contribution in [3.8, 4) is 5.75 Å². The molecule has 0 aliphatic carbocycles. The second-order valence-electron chi connectivity index (χ2n) is 3.40. The van der Waals surface area contributed by atoms with Gasteiger partial charge in [0.25, 0.3) is 0 Å². The van der Waals surface area contributed by atoms with Gasteiger partial charge < -0.3 is 10.1 Å². The van der Waals surface area contributed by atoms with E-state index in [4.69, 9.17) is 4.74 Å². The first-order valence-electron chi connectivity index (χ1n) is 4.97. The third-order valence-electron chi connectivity index (χ3n) is 2.15. The van der Waals surface area contributed by atoms with E-state index in [0.717, 1.165) is 22.9 Å². The zero-order valence-corrected chi connectivity index (χ0v) is 9.27. The van der Waals surface area contributed by atoms with Crippen LogP contribution in [-0.2, 0) is 0 Å². The van der Waals surface area contributed by atoms with Crippen LogP contribution in [0.1, 0.15) is 5.69 Å². The summed E-state index contributed by atoms with van der Waals surface area (Å²) in [5.74, 6) is 1.59. The van der Waals surface area contributed by atoms with Crippen molar-refractivity contribution >= 4 is 11.5 Å². The Kier molecular flexibility index (Phi) is 3.00. The number of benzene rings is 1. The van der Waals surface area contributed by atoms with Gasteiger partial charge in [-0.15, -0.1) is 0 Å². The topological polar surface area (TPSA) is 47.0 Å². The van der Waals surface area contributed by atoms with E-state index in [9.17, 15) is 0 Å². The Balaban J connectivity index is 2.20.